The Morgan fingerprint density at radius 3 is 1.50 bits per heavy atom. The molecule has 82 valence electrons. The van der Waals surface area contributed by atoms with Gasteiger partial charge in [-0.05, 0) is 24.7 Å². The zero-order chi connectivity index (χ0) is 10.1. The van der Waals surface area contributed by atoms with E-state index in [0.29, 0.717) is 0 Å². The molecule has 2 unspecified atom stereocenters. The van der Waals surface area contributed by atoms with Gasteiger partial charge in [0.1, 0.15) is 0 Å². The predicted octanol–water partition coefficient (Wildman–Crippen LogP) is 3.49. The molecule has 0 fully saturated rings. The van der Waals surface area contributed by atoms with Gasteiger partial charge in [0.2, 0.25) is 0 Å². The Kier molecular flexibility index (Phi) is 15.5. The first kappa shape index (κ1) is 17.6. The molecule has 0 rings (SSSR count). The first-order valence-electron chi connectivity index (χ1n) is 5.78. The zero-order valence-corrected chi connectivity index (χ0v) is 12.7. The molecule has 1 nitrogen and oxygen atoms in total. The van der Waals surface area contributed by atoms with Gasteiger partial charge in [-0.15, -0.1) is 0 Å². The maximum Gasteiger partial charge on any atom is 0.0491 e. The van der Waals surface area contributed by atoms with Gasteiger partial charge in [0, 0.05) is 51.0 Å². The van der Waals surface area contributed by atoms with E-state index in [1.165, 1.54) is 25.7 Å². The summed E-state index contributed by atoms with van der Waals surface area (Å²) in [4.78, 5) is 0. The molecule has 0 aliphatic carbocycles. The fourth-order valence-corrected chi connectivity index (χ4v) is 1.62. The Morgan fingerprint density at radius 2 is 1.21 bits per heavy atom. The smallest absolute Gasteiger partial charge is 0.0491 e. The first-order chi connectivity index (χ1) is 6.20. The molecule has 0 bridgehead atoms. The molecular weight excluding hydrogens is 200 g/mol. The van der Waals surface area contributed by atoms with Crippen LogP contribution in [0.15, 0.2) is 0 Å². The van der Waals surface area contributed by atoms with Gasteiger partial charge in [-0.3, -0.25) is 0 Å². The molecule has 2 radical (unpaired) electrons. The van der Waals surface area contributed by atoms with Gasteiger partial charge in [-0.2, -0.15) is 0 Å². The first-order valence-corrected chi connectivity index (χ1v) is 5.78. The number of hydrogen-bond acceptors (Lipinski definition) is 1. The fraction of sp³-hybridized carbons (Fsp3) is 1.00. The van der Waals surface area contributed by atoms with Crippen LogP contribution >= 0.6 is 0 Å². The quantitative estimate of drug-likeness (QED) is 0.576. The molecule has 0 aliphatic rings. The van der Waals surface area contributed by atoms with Crippen LogP contribution in [0.25, 0.3) is 0 Å². The van der Waals surface area contributed by atoms with Crippen molar-refractivity contribution in [3.05, 3.63) is 0 Å². The summed E-state index contributed by atoms with van der Waals surface area (Å²) in [6, 6.07) is 0. The Labute approximate surface area is 120 Å². The van der Waals surface area contributed by atoms with Crippen LogP contribution in [0, 0.1) is 11.8 Å². The van der Waals surface area contributed by atoms with Crippen molar-refractivity contribution in [1.29, 1.82) is 0 Å². The molecule has 0 saturated carbocycles. The van der Waals surface area contributed by atoms with Crippen molar-refractivity contribution >= 4 is 37.7 Å². The van der Waals surface area contributed by atoms with Crippen LogP contribution in [0.4, 0.5) is 0 Å². The van der Waals surface area contributed by atoms with Crippen LogP contribution in [-0.2, 0) is 4.74 Å². The summed E-state index contributed by atoms with van der Waals surface area (Å²) in [6.07, 6.45) is 5.13. The number of ether oxygens (including phenoxy) is 1. The zero-order valence-electron chi connectivity index (χ0n) is 10.5. The van der Waals surface area contributed by atoms with Crippen LogP contribution in [0.5, 0.6) is 0 Å². The predicted molar refractivity (Wildman–Crippen MR) is 64.7 cm³/mol. The minimum absolute atomic E-state index is 0. The molecule has 0 N–H and O–H groups in total. The molecule has 0 heterocycles. The van der Waals surface area contributed by atoms with Crippen molar-refractivity contribution in [2.24, 2.45) is 11.8 Å². The van der Waals surface area contributed by atoms with Gasteiger partial charge >= 0.3 is 0 Å². The molecule has 0 aromatic rings. The van der Waals surface area contributed by atoms with Gasteiger partial charge in [0.15, 0.2) is 0 Å². The fourth-order valence-electron chi connectivity index (χ4n) is 1.62. The van der Waals surface area contributed by atoms with Gasteiger partial charge < -0.3 is 4.74 Å². The maximum atomic E-state index is 5.66. The second-order valence-electron chi connectivity index (χ2n) is 4.33. The van der Waals surface area contributed by atoms with Gasteiger partial charge in [0.25, 0.3) is 0 Å². The summed E-state index contributed by atoms with van der Waals surface area (Å²) >= 11 is 0. The second kappa shape index (κ2) is 12.3. The largest absolute Gasteiger partial charge is 0.381 e. The van der Waals surface area contributed by atoms with Crippen LogP contribution in [0.3, 0.4) is 0 Å². The van der Waals surface area contributed by atoms with Crippen LogP contribution < -0.4 is 0 Å². The van der Waals surface area contributed by atoms with E-state index in [9.17, 15) is 0 Å². The summed E-state index contributed by atoms with van der Waals surface area (Å²) in [7, 11) is 0. The molecule has 14 heavy (non-hydrogen) atoms. The van der Waals surface area contributed by atoms with Crippen molar-refractivity contribution < 1.29 is 4.74 Å². The standard InChI is InChI=1S/C12H26O.Ca/c1-5-7-11(3)9-13-10-12(4)8-6-2;/h11-12H,5-10H2,1-4H3;. The van der Waals surface area contributed by atoms with Crippen molar-refractivity contribution in [3.63, 3.8) is 0 Å². The van der Waals surface area contributed by atoms with E-state index in [2.05, 4.69) is 27.7 Å². The van der Waals surface area contributed by atoms with Gasteiger partial charge in [-0.25, -0.2) is 0 Å². The minimum atomic E-state index is 0. The van der Waals surface area contributed by atoms with Crippen LogP contribution in [0.2, 0.25) is 0 Å². The molecule has 0 saturated heterocycles. The third-order valence-corrected chi connectivity index (χ3v) is 2.37. The van der Waals surface area contributed by atoms with Gasteiger partial charge in [-0.1, -0.05) is 40.5 Å². The van der Waals surface area contributed by atoms with E-state index in [0.717, 1.165) is 25.0 Å². The Bertz CT molecular complexity index is 94.5. The van der Waals surface area contributed by atoms with Gasteiger partial charge in [0.05, 0.1) is 0 Å². The van der Waals surface area contributed by atoms with Crippen molar-refractivity contribution in [1.82, 2.24) is 0 Å². The molecule has 0 aromatic carbocycles. The van der Waals surface area contributed by atoms with E-state index in [-0.39, 0.29) is 37.7 Å². The van der Waals surface area contributed by atoms with E-state index < -0.39 is 0 Å². The second-order valence-corrected chi connectivity index (χ2v) is 4.33. The topological polar surface area (TPSA) is 9.23 Å². The molecule has 0 aromatic heterocycles. The van der Waals surface area contributed by atoms with E-state index in [1.807, 2.05) is 0 Å². The Balaban J connectivity index is 0. The van der Waals surface area contributed by atoms with Crippen molar-refractivity contribution in [2.75, 3.05) is 13.2 Å². The third kappa shape index (κ3) is 11.3. The average Bonchev–Trinajstić information content (AvgIpc) is 2.05. The molecule has 0 spiro atoms. The number of hydrogen-bond donors (Lipinski definition) is 0. The summed E-state index contributed by atoms with van der Waals surface area (Å²) in [5.74, 6) is 1.47. The normalized spacial score (nSPS) is 14.6. The monoisotopic (exact) mass is 226 g/mol. The number of rotatable bonds is 8. The Hall–Kier alpha value is 1.22. The van der Waals surface area contributed by atoms with E-state index in [4.69, 9.17) is 4.74 Å². The average molecular weight is 226 g/mol. The summed E-state index contributed by atoms with van der Waals surface area (Å²) in [5.41, 5.74) is 0. The molecule has 0 amide bonds. The van der Waals surface area contributed by atoms with Crippen molar-refractivity contribution in [3.8, 4) is 0 Å². The van der Waals surface area contributed by atoms with Crippen molar-refractivity contribution in [2.45, 2.75) is 53.4 Å². The van der Waals surface area contributed by atoms with Crippen LogP contribution in [-0.4, -0.2) is 51.0 Å². The molecule has 0 aliphatic heterocycles. The Morgan fingerprint density at radius 1 is 0.857 bits per heavy atom. The SMILES string of the molecule is CCCC(C)COCC(C)CCC.[Ca]. The van der Waals surface area contributed by atoms with E-state index in [1.54, 1.807) is 0 Å². The molecule has 2 heteroatoms. The summed E-state index contributed by atoms with van der Waals surface area (Å²) in [6.45, 7) is 10.9. The van der Waals surface area contributed by atoms with E-state index >= 15 is 0 Å². The molecular formula is C12H26CaO. The third-order valence-electron chi connectivity index (χ3n) is 2.37. The minimum Gasteiger partial charge on any atom is -0.381 e. The summed E-state index contributed by atoms with van der Waals surface area (Å²) < 4.78 is 5.66. The maximum absolute atomic E-state index is 5.66. The summed E-state index contributed by atoms with van der Waals surface area (Å²) in [5, 5.41) is 0. The van der Waals surface area contributed by atoms with Crippen LogP contribution in [0.1, 0.15) is 53.4 Å². The molecule has 2 atom stereocenters.